The summed E-state index contributed by atoms with van der Waals surface area (Å²) in [5, 5.41) is 3.98. The number of rotatable bonds is 1. The third-order valence-electron chi connectivity index (χ3n) is 1.49. The minimum Gasteiger partial charge on any atom is -0.456 e. The van der Waals surface area contributed by atoms with E-state index >= 15 is 0 Å². The van der Waals surface area contributed by atoms with Gasteiger partial charge in [0, 0.05) is 7.05 Å². The zero-order valence-corrected chi connectivity index (χ0v) is 10.8. The highest BCUT2D eigenvalue weighted by Crippen LogP contribution is 2.16. The van der Waals surface area contributed by atoms with Crippen molar-refractivity contribution in [2.75, 3.05) is 0 Å². The molecule has 5 heteroatoms. The number of hydrogen-bond donors (Lipinski definition) is 0. The van der Waals surface area contributed by atoms with E-state index in [1.165, 1.54) is 6.20 Å². The summed E-state index contributed by atoms with van der Waals surface area (Å²) in [5.74, 6) is -0.324. The van der Waals surface area contributed by atoms with Crippen molar-refractivity contribution in [2.24, 2.45) is 7.05 Å². The molecule has 0 N–H and O–H groups in total. The fraction of sp³-hybridized carbons (Fsp3) is 0.556. The van der Waals surface area contributed by atoms with Gasteiger partial charge in [0.05, 0.1) is 6.20 Å². The Morgan fingerprint density at radius 1 is 1.57 bits per heavy atom. The number of carbonyl (C=O) groups is 1. The van der Waals surface area contributed by atoms with Gasteiger partial charge in [-0.15, -0.1) is 0 Å². The minimum atomic E-state index is -0.462. The Bertz CT molecular complexity index is 352. The van der Waals surface area contributed by atoms with Gasteiger partial charge in [-0.25, -0.2) is 4.79 Å². The number of nitrogens with zero attached hydrogens (tertiary/aromatic N) is 2. The van der Waals surface area contributed by atoms with Crippen LogP contribution in [0.15, 0.2) is 6.20 Å². The molecule has 1 rings (SSSR count). The smallest absolute Gasteiger partial charge is 0.342 e. The zero-order chi connectivity index (χ0) is 10.9. The highest BCUT2D eigenvalue weighted by Gasteiger charge is 2.21. The average Bonchev–Trinajstić information content (AvgIpc) is 2.29. The molecule has 0 bridgehead atoms. The molecule has 1 heterocycles. The van der Waals surface area contributed by atoms with E-state index in [2.05, 4.69) is 27.7 Å². The Kier molecular flexibility index (Phi) is 3.18. The van der Waals surface area contributed by atoms with Gasteiger partial charge in [0.25, 0.3) is 0 Å². The fourth-order valence-electron chi connectivity index (χ4n) is 0.893. The quantitative estimate of drug-likeness (QED) is 0.588. The second-order valence-corrected chi connectivity index (χ2v) is 5.00. The standard InChI is InChI=1S/C9H13IN2O2/c1-9(2,3)14-8(13)6-5-11-12(4)7(6)10/h5H,1-4H3. The minimum absolute atomic E-state index is 0.324. The SMILES string of the molecule is Cn1ncc(C(=O)OC(C)(C)C)c1I. The molecule has 1 aromatic rings. The summed E-state index contributed by atoms with van der Waals surface area (Å²) in [6.07, 6.45) is 1.52. The van der Waals surface area contributed by atoms with Gasteiger partial charge in [-0.2, -0.15) is 5.10 Å². The molecule has 0 aliphatic carbocycles. The first kappa shape index (κ1) is 11.5. The van der Waals surface area contributed by atoms with Crippen molar-refractivity contribution in [2.45, 2.75) is 26.4 Å². The zero-order valence-electron chi connectivity index (χ0n) is 8.67. The van der Waals surface area contributed by atoms with Crippen LogP contribution in [0.1, 0.15) is 31.1 Å². The molecule has 0 aliphatic heterocycles. The highest BCUT2D eigenvalue weighted by molar-refractivity contribution is 14.1. The first-order valence-electron chi connectivity index (χ1n) is 4.22. The summed E-state index contributed by atoms with van der Waals surface area (Å²) in [7, 11) is 1.79. The van der Waals surface area contributed by atoms with Gasteiger partial charge in [-0.3, -0.25) is 4.68 Å². The largest absolute Gasteiger partial charge is 0.456 e. The van der Waals surface area contributed by atoms with Crippen molar-refractivity contribution >= 4 is 28.6 Å². The molecule has 0 spiro atoms. The van der Waals surface area contributed by atoms with Crippen LogP contribution in [-0.4, -0.2) is 21.4 Å². The van der Waals surface area contributed by atoms with Gasteiger partial charge in [-0.1, -0.05) is 0 Å². The Balaban J connectivity index is 2.86. The van der Waals surface area contributed by atoms with Crippen LogP contribution in [0.4, 0.5) is 0 Å². The Labute approximate surface area is 96.8 Å². The number of carbonyl (C=O) groups excluding carboxylic acids is 1. The maximum absolute atomic E-state index is 11.6. The van der Waals surface area contributed by atoms with Crippen molar-refractivity contribution in [1.82, 2.24) is 9.78 Å². The number of aromatic nitrogens is 2. The summed E-state index contributed by atoms with van der Waals surface area (Å²) in [6, 6.07) is 0. The number of ether oxygens (including phenoxy) is 1. The van der Waals surface area contributed by atoms with E-state index in [9.17, 15) is 4.79 Å². The van der Waals surface area contributed by atoms with Crippen molar-refractivity contribution in [1.29, 1.82) is 0 Å². The van der Waals surface area contributed by atoms with E-state index in [4.69, 9.17) is 4.74 Å². The summed E-state index contributed by atoms with van der Waals surface area (Å²) < 4.78 is 7.65. The lowest BCUT2D eigenvalue weighted by molar-refractivity contribution is 0.00682. The number of aryl methyl sites for hydroxylation is 1. The Morgan fingerprint density at radius 3 is 2.50 bits per heavy atom. The van der Waals surface area contributed by atoms with Crippen molar-refractivity contribution in [3.8, 4) is 0 Å². The van der Waals surface area contributed by atoms with Crippen LogP contribution >= 0.6 is 22.6 Å². The second-order valence-electron chi connectivity index (χ2n) is 3.97. The summed E-state index contributed by atoms with van der Waals surface area (Å²) in [4.78, 5) is 11.6. The maximum atomic E-state index is 11.6. The van der Waals surface area contributed by atoms with Gasteiger partial charge < -0.3 is 4.74 Å². The maximum Gasteiger partial charge on any atom is 0.342 e. The lowest BCUT2D eigenvalue weighted by Crippen LogP contribution is -2.24. The summed E-state index contributed by atoms with van der Waals surface area (Å²) >= 11 is 2.07. The Hall–Kier alpha value is -0.590. The predicted molar refractivity (Wildman–Crippen MR) is 61.1 cm³/mol. The molecular formula is C9H13IN2O2. The summed E-state index contributed by atoms with van der Waals surface area (Å²) in [5.41, 5.74) is 0.0544. The van der Waals surface area contributed by atoms with Crippen molar-refractivity contribution in [3.63, 3.8) is 0 Å². The molecule has 0 atom stereocenters. The number of halogens is 1. The molecule has 0 aliphatic rings. The van der Waals surface area contributed by atoms with E-state index in [0.717, 1.165) is 3.70 Å². The molecule has 0 fully saturated rings. The molecule has 0 saturated carbocycles. The molecule has 0 aromatic carbocycles. The van der Waals surface area contributed by atoms with Crippen LogP contribution in [0.3, 0.4) is 0 Å². The first-order chi connectivity index (χ1) is 6.31. The lowest BCUT2D eigenvalue weighted by Gasteiger charge is -2.18. The second kappa shape index (κ2) is 3.88. The van der Waals surface area contributed by atoms with Crippen molar-refractivity contribution < 1.29 is 9.53 Å². The molecule has 4 nitrogen and oxygen atoms in total. The fourth-order valence-corrected chi connectivity index (χ4v) is 1.38. The van der Waals surface area contributed by atoms with Crippen molar-refractivity contribution in [3.05, 3.63) is 15.5 Å². The van der Waals surface area contributed by atoms with Crippen LogP contribution < -0.4 is 0 Å². The average molecular weight is 308 g/mol. The molecular weight excluding hydrogens is 295 g/mol. The van der Waals surface area contributed by atoms with Gasteiger partial charge >= 0.3 is 5.97 Å². The number of hydrogen-bond acceptors (Lipinski definition) is 3. The third kappa shape index (κ3) is 2.70. The monoisotopic (exact) mass is 308 g/mol. The molecule has 0 amide bonds. The van der Waals surface area contributed by atoms with Gasteiger partial charge in [0.15, 0.2) is 0 Å². The molecule has 0 unspecified atom stereocenters. The highest BCUT2D eigenvalue weighted by atomic mass is 127. The Morgan fingerprint density at radius 2 is 2.14 bits per heavy atom. The van der Waals surface area contributed by atoms with E-state index < -0.39 is 5.60 Å². The normalized spacial score (nSPS) is 11.5. The van der Waals surface area contributed by atoms with Crippen LogP contribution in [0.5, 0.6) is 0 Å². The lowest BCUT2D eigenvalue weighted by atomic mass is 10.2. The van der Waals surface area contributed by atoms with E-state index in [1.807, 2.05) is 20.8 Å². The van der Waals surface area contributed by atoms with Gasteiger partial charge in [-0.05, 0) is 43.4 Å². The van der Waals surface area contributed by atoms with E-state index in [-0.39, 0.29) is 5.97 Å². The number of esters is 1. The van der Waals surface area contributed by atoms with E-state index in [0.29, 0.717) is 5.56 Å². The van der Waals surface area contributed by atoms with Crippen LogP contribution in [0.2, 0.25) is 0 Å². The molecule has 78 valence electrons. The third-order valence-corrected chi connectivity index (χ3v) is 2.76. The molecule has 14 heavy (non-hydrogen) atoms. The van der Waals surface area contributed by atoms with Crippen LogP contribution in [-0.2, 0) is 11.8 Å². The molecule has 0 saturated heterocycles. The van der Waals surface area contributed by atoms with E-state index in [1.54, 1.807) is 11.7 Å². The summed E-state index contributed by atoms with van der Waals surface area (Å²) in [6.45, 7) is 5.52. The van der Waals surface area contributed by atoms with Gasteiger partial charge in [0.2, 0.25) is 0 Å². The molecule has 1 aromatic heterocycles. The van der Waals surface area contributed by atoms with Crippen LogP contribution in [0, 0.1) is 3.70 Å². The predicted octanol–water partition coefficient (Wildman–Crippen LogP) is 1.98. The molecule has 0 radical (unpaired) electrons. The van der Waals surface area contributed by atoms with Crippen LogP contribution in [0.25, 0.3) is 0 Å². The van der Waals surface area contributed by atoms with Gasteiger partial charge in [0.1, 0.15) is 14.9 Å². The topological polar surface area (TPSA) is 44.1 Å². The first-order valence-corrected chi connectivity index (χ1v) is 5.30.